The highest BCUT2D eigenvalue weighted by Gasteiger charge is 2.52. The lowest BCUT2D eigenvalue weighted by Gasteiger charge is -2.41. The zero-order valence-electron chi connectivity index (χ0n) is 18.4. The average Bonchev–Trinajstić information content (AvgIpc) is 3.55. The van der Waals surface area contributed by atoms with E-state index in [2.05, 4.69) is 15.1 Å². The van der Waals surface area contributed by atoms with Crippen LogP contribution in [-0.2, 0) is 9.59 Å². The number of piperazine rings is 1. The highest BCUT2D eigenvalue weighted by atomic mass is 35.5. The van der Waals surface area contributed by atoms with Gasteiger partial charge in [-0.05, 0) is 68.3 Å². The predicted octanol–water partition coefficient (Wildman–Crippen LogP) is 2.49. The van der Waals surface area contributed by atoms with E-state index in [1.807, 2.05) is 6.92 Å². The fourth-order valence-electron chi connectivity index (χ4n) is 4.90. The Balaban J connectivity index is 1.47. The van der Waals surface area contributed by atoms with Crippen LogP contribution in [-0.4, -0.2) is 77.5 Å². The van der Waals surface area contributed by atoms with Crippen LogP contribution in [0.5, 0.6) is 0 Å². The number of hydrogen-bond acceptors (Lipinski definition) is 5. The first-order valence-corrected chi connectivity index (χ1v) is 11.8. The van der Waals surface area contributed by atoms with E-state index in [4.69, 9.17) is 11.6 Å². The second kappa shape index (κ2) is 9.59. The molecule has 3 atom stereocenters. The lowest BCUT2D eigenvalue weighted by molar-refractivity contribution is -0.128. The Hall–Kier alpha value is -1.80. The van der Waals surface area contributed by atoms with E-state index in [1.165, 1.54) is 18.2 Å². The molecular formula is C24H31ClFN3O3. The molecule has 1 aromatic carbocycles. The van der Waals surface area contributed by atoms with Gasteiger partial charge in [0.2, 0.25) is 5.91 Å². The van der Waals surface area contributed by atoms with Gasteiger partial charge in [0, 0.05) is 26.2 Å². The van der Waals surface area contributed by atoms with Crippen LogP contribution in [0.15, 0.2) is 24.3 Å². The Bertz CT molecular complexity index is 904. The smallest absolute Gasteiger partial charge is 0.237 e. The average molecular weight is 464 g/mol. The van der Waals surface area contributed by atoms with Gasteiger partial charge < -0.3 is 10.4 Å². The lowest BCUT2D eigenvalue weighted by Crippen LogP contribution is -2.56. The van der Waals surface area contributed by atoms with E-state index in [1.54, 1.807) is 12.1 Å². The third-order valence-electron chi connectivity index (χ3n) is 7.37. The fraction of sp³-hybridized carbons (Fsp3) is 0.583. The molecule has 3 aliphatic rings. The maximum absolute atomic E-state index is 13.7. The topological polar surface area (TPSA) is 72.9 Å². The Kier molecular flexibility index (Phi) is 7.00. The summed E-state index contributed by atoms with van der Waals surface area (Å²) in [6.07, 6.45) is 6.26. The van der Waals surface area contributed by atoms with Gasteiger partial charge >= 0.3 is 0 Å². The summed E-state index contributed by atoms with van der Waals surface area (Å²) in [7, 11) is 0. The van der Waals surface area contributed by atoms with Crippen LogP contribution >= 0.6 is 11.6 Å². The Labute approximate surface area is 193 Å². The van der Waals surface area contributed by atoms with Gasteiger partial charge in [-0.15, -0.1) is 0 Å². The first kappa shape index (κ1) is 23.4. The van der Waals surface area contributed by atoms with Crippen molar-refractivity contribution in [2.75, 3.05) is 32.7 Å². The molecule has 1 amide bonds. The van der Waals surface area contributed by atoms with Crippen molar-refractivity contribution >= 4 is 29.4 Å². The molecule has 0 radical (unpaired) electrons. The van der Waals surface area contributed by atoms with Crippen molar-refractivity contribution in [3.8, 4) is 0 Å². The first-order valence-electron chi connectivity index (χ1n) is 11.4. The molecule has 1 aromatic rings. The van der Waals surface area contributed by atoms with Crippen molar-refractivity contribution in [1.29, 1.82) is 0 Å². The highest BCUT2D eigenvalue weighted by Crippen LogP contribution is 2.53. The SMILES string of the molecule is CC1C(=O)NCCN1CCC(C(=O)/C=C/c1ccc(Cl)c(F)c1)N1CCC2(CC2)[C@H](O)C1. The summed E-state index contributed by atoms with van der Waals surface area (Å²) in [5, 5.41) is 13.6. The molecule has 3 fully saturated rings. The second-order valence-corrected chi connectivity index (χ2v) is 9.75. The minimum absolute atomic E-state index is 0.00728. The maximum atomic E-state index is 13.7. The molecule has 4 rings (SSSR count). The summed E-state index contributed by atoms with van der Waals surface area (Å²) in [6, 6.07) is 3.81. The largest absolute Gasteiger partial charge is 0.391 e. The van der Waals surface area contributed by atoms with E-state index in [9.17, 15) is 19.1 Å². The molecule has 1 aliphatic carbocycles. The zero-order valence-corrected chi connectivity index (χ0v) is 19.2. The van der Waals surface area contributed by atoms with Gasteiger partial charge in [-0.2, -0.15) is 0 Å². The van der Waals surface area contributed by atoms with Gasteiger partial charge in [0.15, 0.2) is 5.78 Å². The summed E-state index contributed by atoms with van der Waals surface area (Å²) < 4.78 is 13.7. The number of aliphatic hydroxyl groups excluding tert-OH is 1. The van der Waals surface area contributed by atoms with E-state index < -0.39 is 18.0 Å². The van der Waals surface area contributed by atoms with E-state index in [0.29, 0.717) is 31.6 Å². The van der Waals surface area contributed by atoms with Crippen LogP contribution in [0.3, 0.4) is 0 Å². The van der Waals surface area contributed by atoms with Gasteiger partial charge in [-0.25, -0.2) is 4.39 Å². The van der Waals surface area contributed by atoms with Crippen LogP contribution in [0, 0.1) is 11.2 Å². The van der Waals surface area contributed by atoms with Gasteiger partial charge in [-0.1, -0.05) is 23.7 Å². The molecule has 0 aromatic heterocycles. The number of nitrogens with one attached hydrogen (secondary N) is 1. The Morgan fingerprint density at radius 1 is 1.38 bits per heavy atom. The quantitative estimate of drug-likeness (QED) is 0.608. The van der Waals surface area contributed by atoms with Gasteiger partial charge in [0.1, 0.15) is 5.82 Å². The normalized spacial score (nSPS) is 26.9. The Morgan fingerprint density at radius 3 is 2.84 bits per heavy atom. The van der Waals surface area contributed by atoms with E-state index >= 15 is 0 Å². The van der Waals surface area contributed by atoms with Crippen molar-refractivity contribution in [3.05, 3.63) is 40.7 Å². The molecule has 174 valence electrons. The summed E-state index contributed by atoms with van der Waals surface area (Å²) in [4.78, 5) is 29.4. The number of ketones is 1. The van der Waals surface area contributed by atoms with Gasteiger partial charge in [0.25, 0.3) is 0 Å². The summed E-state index contributed by atoms with van der Waals surface area (Å²) in [6.45, 7) is 5.10. The summed E-state index contributed by atoms with van der Waals surface area (Å²) in [5.41, 5.74) is 0.621. The molecule has 2 saturated heterocycles. The van der Waals surface area contributed by atoms with Crippen molar-refractivity contribution in [3.63, 3.8) is 0 Å². The van der Waals surface area contributed by atoms with Crippen molar-refractivity contribution in [1.82, 2.24) is 15.1 Å². The number of β-amino-alcohol motifs (C(OH)–C–C–N with tert-alkyl or cyclic N) is 1. The number of piperidine rings is 1. The predicted molar refractivity (Wildman–Crippen MR) is 122 cm³/mol. The number of likely N-dealkylation sites (tertiary alicyclic amines) is 1. The molecule has 2 unspecified atom stereocenters. The van der Waals surface area contributed by atoms with Crippen LogP contribution in [0.25, 0.3) is 6.08 Å². The van der Waals surface area contributed by atoms with E-state index in [0.717, 1.165) is 32.4 Å². The van der Waals surface area contributed by atoms with Crippen molar-refractivity contribution in [2.45, 2.75) is 50.8 Å². The standard InChI is InChI=1S/C24H31ClFN3O3/c1-16-23(32)27-10-13-28(16)11-6-20(29-12-9-24(7-8-24)22(31)15-29)21(30)5-3-17-2-4-18(25)19(26)14-17/h2-5,14,16,20,22,31H,6-13,15H2,1H3,(H,27,32)/b5-3+/t16?,20?,22-/m1/s1. The number of benzene rings is 1. The third kappa shape index (κ3) is 5.06. The number of carbonyl (C=O) groups is 2. The molecule has 0 bridgehead atoms. The number of amides is 1. The van der Waals surface area contributed by atoms with Crippen LogP contribution in [0.4, 0.5) is 4.39 Å². The monoisotopic (exact) mass is 463 g/mol. The highest BCUT2D eigenvalue weighted by molar-refractivity contribution is 6.30. The summed E-state index contributed by atoms with van der Waals surface area (Å²) in [5.74, 6) is -0.592. The minimum atomic E-state index is -0.524. The fourth-order valence-corrected chi connectivity index (χ4v) is 5.02. The van der Waals surface area contributed by atoms with Crippen molar-refractivity contribution in [2.24, 2.45) is 5.41 Å². The number of carbonyl (C=O) groups excluding carboxylic acids is 2. The molecule has 1 spiro atoms. The summed E-state index contributed by atoms with van der Waals surface area (Å²) >= 11 is 5.74. The Morgan fingerprint density at radius 2 is 2.16 bits per heavy atom. The molecule has 2 N–H and O–H groups in total. The number of hydrogen-bond donors (Lipinski definition) is 2. The number of halogens is 2. The lowest BCUT2D eigenvalue weighted by atomic mass is 9.88. The van der Waals surface area contributed by atoms with Crippen LogP contribution in [0.2, 0.25) is 5.02 Å². The zero-order chi connectivity index (χ0) is 22.9. The molecule has 6 nitrogen and oxygen atoms in total. The molecule has 2 heterocycles. The molecular weight excluding hydrogens is 433 g/mol. The number of rotatable bonds is 7. The molecule has 2 aliphatic heterocycles. The second-order valence-electron chi connectivity index (χ2n) is 9.34. The number of aliphatic hydroxyl groups is 1. The maximum Gasteiger partial charge on any atom is 0.237 e. The van der Waals surface area contributed by atoms with Gasteiger partial charge in [0.05, 0.1) is 23.2 Å². The van der Waals surface area contributed by atoms with E-state index in [-0.39, 0.29) is 28.2 Å². The minimum Gasteiger partial charge on any atom is -0.391 e. The van der Waals surface area contributed by atoms with Crippen LogP contribution in [0.1, 0.15) is 38.2 Å². The van der Waals surface area contributed by atoms with Gasteiger partial charge in [-0.3, -0.25) is 19.4 Å². The number of nitrogens with zero attached hydrogens (tertiary/aromatic N) is 2. The van der Waals surface area contributed by atoms with Crippen LogP contribution < -0.4 is 5.32 Å². The first-order chi connectivity index (χ1) is 15.3. The molecule has 32 heavy (non-hydrogen) atoms. The molecule has 8 heteroatoms. The third-order valence-corrected chi connectivity index (χ3v) is 7.68. The molecule has 1 saturated carbocycles. The van der Waals surface area contributed by atoms with Crippen molar-refractivity contribution < 1.29 is 19.1 Å².